The molecule has 1 heterocycles. The number of rotatable bonds is 38. The van der Waals surface area contributed by atoms with Crippen molar-refractivity contribution in [3.05, 3.63) is 269 Å². The highest BCUT2D eigenvalue weighted by atomic mass is 32.2. The van der Waals surface area contributed by atoms with Crippen LogP contribution in [0.3, 0.4) is 0 Å². The van der Waals surface area contributed by atoms with Crippen molar-refractivity contribution >= 4 is 73.1 Å². The van der Waals surface area contributed by atoms with E-state index < -0.39 is 50.2 Å². The van der Waals surface area contributed by atoms with E-state index in [2.05, 4.69) is 89.4 Å². The number of Topliss-reactive ketones (excluding diaryl/α,β-unsaturated/α-hetero) is 3. The average Bonchev–Trinajstić information content (AvgIpc) is 1.71. The van der Waals surface area contributed by atoms with Gasteiger partial charge in [0.25, 0.3) is 0 Å². The molecule has 16 N–H and O–H groups in total. The Kier molecular flexibility index (Phi) is 41.5. The van der Waals surface area contributed by atoms with Gasteiger partial charge in [-0.2, -0.15) is 4.99 Å². The molecule has 0 fully saturated rings. The molecule has 4 atom stereocenters. The van der Waals surface area contributed by atoms with Crippen LogP contribution in [0.1, 0.15) is 125 Å². The van der Waals surface area contributed by atoms with Gasteiger partial charge >= 0.3 is 6.09 Å². The first-order valence-corrected chi connectivity index (χ1v) is 41.2. The van der Waals surface area contributed by atoms with Crippen LogP contribution in [-0.4, -0.2) is 134 Å². The minimum atomic E-state index is -3.81. The molecule has 0 aliphatic heterocycles. The molecule has 8 aromatic carbocycles. The minimum Gasteiger partial charge on any atom is -0.494 e. The number of hydrogen-bond donors (Lipinski definition) is 10. The molecule has 30 heteroatoms. The molecule has 1 aliphatic rings. The molecule has 28 nitrogen and oxygen atoms in total. The number of pyridine rings is 1. The highest BCUT2D eigenvalue weighted by molar-refractivity contribution is 7.89. The third-order valence-electron chi connectivity index (χ3n) is 18.0. The SMILES string of the molecule is C.C.CC(=O)[C@H](Cc1ccc(OCCCC(=O)N=C(N)N)cc1)NS(=O)(=O)c1ccccc1.CC(=O)[C@H](Cc1ccc(OCCCCN=C(N)N)cc1)NS(=O)(=O)c1ccccc1.CC(=O)[C@H](Cc1ccc(OCCN=C(N)N)cc1)NC(=O)Oc1ccccc1.CC[C@@H]1Cc2ccc(OCCc3cccc(NC)n3)cc2Cc2ccccc21. The zero-order valence-electron chi connectivity index (χ0n) is 66.5. The number of carbonyl (C=O) groups excluding carboxylic acids is 5. The molecule has 0 radical (unpaired) electrons. The number of nitrogens with zero attached hydrogens (tertiary/aromatic N) is 4. The minimum absolute atomic E-state index is 0. The van der Waals surface area contributed by atoms with Crippen molar-refractivity contribution in [3.63, 3.8) is 0 Å². The molecule has 2 amide bonds. The Morgan fingerprint density at radius 1 is 0.471 bits per heavy atom. The van der Waals surface area contributed by atoms with Gasteiger partial charge in [-0.05, 0) is 220 Å². The summed E-state index contributed by atoms with van der Waals surface area (Å²) >= 11 is 0. The topological polar surface area (TPSA) is 454 Å². The lowest BCUT2D eigenvalue weighted by Gasteiger charge is -2.16. The Balaban J connectivity index is 0.000000281. The van der Waals surface area contributed by atoms with Gasteiger partial charge in [-0.1, -0.05) is 149 Å². The zero-order valence-corrected chi connectivity index (χ0v) is 68.1. The van der Waals surface area contributed by atoms with Crippen LogP contribution in [0.4, 0.5) is 10.6 Å². The fourth-order valence-electron chi connectivity index (χ4n) is 11.9. The highest BCUT2D eigenvalue weighted by Gasteiger charge is 2.27. The first kappa shape index (κ1) is 97.1. The van der Waals surface area contributed by atoms with Gasteiger partial charge in [0.15, 0.2) is 23.7 Å². The molecule has 10 rings (SSSR count). The Labute approximate surface area is 699 Å². The molecule has 636 valence electrons. The van der Waals surface area contributed by atoms with E-state index in [-0.39, 0.29) is 79.1 Å². The standard InChI is InChI=1S/C25H28N2O.C21H26N4O5S.C21H28N4O4S.C20H24N4O4.2CH4/c1-3-18-15-19-11-12-23(17-21(19)16-20-7-4-5-9-24(18)20)28-14-13-22-8-6-10-25(26-2)27-22;1-15(26)19(25-31(28,29)18-6-3-2-4-7-18)14-16-9-11-17(12-10-16)30-13-5-8-20(27)24-21(22)23;1-16(26)20(25-30(27,28)19-7-3-2-4-8-19)15-17-9-11-18(12-10-17)29-14-6-5-13-24-21(22)23;1-14(25)18(24-20(26)28-17-5-3-2-4-6-17)13-15-7-9-16(10-8-15)27-12-11-23-19(21)22;;/h4-12,17-18H,3,13-16H2,1-2H3,(H,26,27);2-4,6-7,9-12,19,25H,5,8,13-14H2,1H3,(H4,22,23,24,27);2-4,7-12,20,25H,5-6,13-15H2,1H3,(H4,22,23,24);2-10,18H,11-13H2,1H3,(H,24,26)(H4,21,22,23);2*1H4/t18-;19-;20-;18-;;/m1000../s1. The fraction of sp³-hybridized carbons (Fsp3) is 0.315. The van der Waals surface area contributed by atoms with Gasteiger partial charge in [0.1, 0.15) is 52.7 Å². The highest BCUT2D eigenvalue weighted by Crippen LogP contribution is 2.35. The summed E-state index contributed by atoms with van der Waals surface area (Å²) in [5, 5.41) is 5.68. The van der Waals surface area contributed by atoms with E-state index in [9.17, 15) is 40.8 Å². The Morgan fingerprint density at radius 3 is 1.43 bits per heavy atom. The number of ketones is 3. The Hall–Kier alpha value is -12.5. The molecule has 9 aromatic rings. The van der Waals surface area contributed by atoms with Crippen LogP contribution < -0.4 is 78.2 Å². The molecular formula is C89H114N14O14S2. The van der Waals surface area contributed by atoms with Crippen LogP contribution in [-0.2, 0) is 77.7 Å². The number of unbranched alkanes of at least 4 members (excludes halogenated alkanes) is 1. The molecule has 0 saturated carbocycles. The molecule has 0 unspecified atom stereocenters. The third kappa shape index (κ3) is 35.5. The molecule has 119 heavy (non-hydrogen) atoms. The van der Waals surface area contributed by atoms with Gasteiger partial charge in [-0.15, -0.1) is 0 Å². The van der Waals surface area contributed by atoms with E-state index in [1.165, 1.54) is 73.7 Å². The summed E-state index contributed by atoms with van der Waals surface area (Å²) < 4.78 is 83.0. The van der Waals surface area contributed by atoms with Crippen molar-refractivity contribution in [2.45, 2.75) is 147 Å². The number of nitrogens with one attached hydrogen (secondary N) is 4. The number of nitrogens with two attached hydrogens (primary N) is 6. The average molecular weight is 1670 g/mol. The largest absolute Gasteiger partial charge is 0.494 e. The quantitative estimate of drug-likeness (QED) is 0.00976. The van der Waals surface area contributed by atoms with Gasteiger partial charge in [0.2, 0.25) is 26.0 Å². The number of aliphatic imine (C=N–C) groups is 3. The lowest BCUT2D eigenvalue weighted by molar-refractivity contribution is -0.119. The number of carbonyl (C=O) groups is 5. The van der Waals surface area contributed by atoms with Gasteiger partial charge in [0, 0.05) is 32.1 Å². The maximum absolute atomic E-state index is 12.5. The number of hydrogen-bond acceptors (Lipinski definition) is 18. The molecule has 1 aliphatic carbocycles. The summed E-state index contributed by atoms with van der Waals surface area (Å²) in [6, 6.07) is 65.1. The monoisotopic (exact) mass is 1670 g/mol. The van der Waals surface area contributed by atoms with Crippen molar-refractivity contribution in [2.75, 3.05) is 51.9 Å². The maximum atomic E-state index is 12.5. The normalized spacial score (nSPS) is 12.4. The van der Waals surface area contributed by atoms with Gasteiger partial charge in [-0.25, -0.2) is 36.1 Å². The number of benzene rings is 8. The van der Waals surface area contributed by atoms with Crippen molar-refractivity contribution in [1.82, 2.24) is 19.7 Å². The smallest absolute Gasteiger partial charge is 0.413 e. The predicted octanol–water partition coefficient (Wildman–Crippen LogP) is 11.0. The summed E-state index contributed by atoms with van der Waals surface area (Å²) in [6.07, 6.45) is 6.44. The number of para-hydroxylation sites is 1. The Morgan fingerprint density at radius 2 is 0.933 bits per heavy atom. The van der Waals surface area contributed by atoms with E-state index in [0.717, 1.165) is 66.1 Å². The lowest BCUT2D eigenvalue weighted by atomic mass is 9.89. The molecular weight excluding hydrogens is 1550 g/mol. The number of ether oxygens (including phenoxy) is 5. The van der Waals surface area contributed by atoms with Crippen molar-refractivity contribution in [2.24, 2.45) is 49.4 Å². The number of sulfonamides is 2. The fourth-order valence-corrected chi connectivity index (χ4v) is 14.4. The molecule has 1 aromatic heterocycles. The van der Waals surface area contributed by atoms with Gasteiger partial charge in [0.05, 0.1) is 54.3 Å². The van der Waals surface area contributed by atoms with Crippen LogP contribution in [0, 0.1) is 0 Å². The third-order valence-corrected chi connectivity index (χ3v) is 21.0. The van der Waals surface area contributed by atoms with E-state index in [4.69, 9.17) is 58.1 Å². The Bertz CT molecular complexity index is 4960. The summed E-state index contributed by atoms with van der Waals surface area (Å²) in [5.41, 5.74) is 40.6. The number of amides is 2. The molecule has 0 bridgehead atoms. The van der Waals surface area contributed by atoms with E-state index in [1.54, 1.807) is 109 Å². The van der Waals surface area contributed by atoms with Crippen LogP contribution in [0.15, 0.2) is 249 Å². The van der Waals surface area contributed by atoms with Crippen molar-refractivity contribution < 1.29 is 64.5 Å². The second-order valence-electron chi connectivity index (χ2n) is 27.1. The summed E-state index contributed by atoms with van der Waals surface area (Å²) in [4.78, 5) is 75.3. The van der Waals surface area contributed by atoms with E-state index in [1.807, 2.05) is 55.6 Å². The first-order valence-electron chi connectivity index (χ1n) is 38.2. The van der Waals surface area contributed by atoms with Gasteiger partial charge in [-0.3, -0.25) is 29.2 Å². The first-order chi connectivity index (χ1) is 56.1. The second-order valence-corrected chi connectivity index (χ2v) is 30.6. The summed E-state index contributed by atoms with van der Waals surface area (Å²) in [5.74, 6) is 3.53. The number of anilines is 1. The lowest BCUT2D eigenvalue weighted by Crippen LogP contribution is -2.42. The van der Waals surface area contributed by atoms with Crippen LogP contribution in [0.25, 0.3) is 0 Å². The molecule has 0 saturated heterocycles. The predicted molar refractivity (Wildman–Crippen MR) is 469 cm³/mol. The number of guanidine groups is 3. The van der Waals surface area contributed by atoms with Crippen molar-refractivity contribution in [3.8, 4) is 28.7 Å². The van der Waals surface area contributed by atoms with E-state index in [0.29, 0.717) is 81.3 Å². The molecule has 0 spiro atoms. The van der Waals surface area contributed by atoms with Crippen molar-refractivity contribution in [1.29, 1.82) is 0 Å². The van der Waals surface area contributed by atoms with E-state index >= 15 is 0 Å². The summed E-state index contributed by atoms with van der Waals surface area (Å²) in [6.45, 7) is 9.18. The van der Waals surface area contributed by atoms with Gasteiger partial charge < -0.3 is 68.7 Å². The van der Waals surface area contributed by atoms with Crippen LogP contribution >= 0.6 is 0 Å². The summed E-state index contributed by atoms with van der Waals surface area (Å²) in [7, 11) is -5.70. The van der Waals surface area contributed by atoms with Crippen LogP contribution in [0.2, 0.25) is 0 Å². The second kappa shape index (κ2) is 50.9. The van der Waals surface area contributed by atoms with Crippen LogP contribution in [0.5, 0.6) is 28.7 Å². The number of fused-ring (bicyclic) bond motifs is 2. The number of aromatic nitrogens is 1. The zero-order chi connectivity index (χ0) is 84.5. The maximum Gasteiger partial charge on any atom is 0.413 e.